The van der Waals surface area contributed by atoms with Crippen LogP contribution >= 0.6 is 0 Å². The molecule has 0 saturated carbocycles. The van der Waals surface area contributed by atoms with Crippen LogP contribution in [-0.4, -0.2) is 65.7 Å². The summed E-state index contributed by atoms with van der Waals surface area (Å²) >= 11 is 0. The SMILES string of the molecule is CC.CC.CC.CC#CCCNC(=O)CCOCCOCCOCCNC. The quantitative estimate of drug-likeness (QED) is 0.352. The first-order valence-corrected chi connectivity index (χ1v) is 10.4. The maximum atomic E-state index is 11.4. The molecule has 27 heavy (non-hydrogen) atoms. The maximum Gasteiger partial charge on any atom is 0.222 e. The van der Waals surface area contributed by atoms with Crippen LogP contribution in [-0.2, 0) is 19.0 Å². The fourth-order valence-electron chi connectivity index (χ4n) is 1.36. The molecule has 0 fully saturated rings. The van der Waals surface area contributed by atoms with Crippen molar-refractivity contribution in [2.45, 2.75) is 61.3 Å². The number of likely N-dealkylation sites (N-methyl/N-ethyl adjacent to an activating group) is 1. The summed E-state index contributed by atoms with van der Waals surface area (Å²) in [5.74, 6) is 5.66. The third-order valence-corrected chi connectivity index (χ3v) is 2.46. The van der Waals surface area contributed by atoms with Crippen molar-refractivity contribution in [3.05, 3.63) is 0 Å². The van der Waals surface area contributed by atoms with Crippen LogP contribution in [0.1, 0.15) is 61.3 Å². The van der Waals surface area contributed by atoms with E-state index < -0.39 is 0 Å². The molecule has 0 aliphatic carbocycles. The second-order valence-corrected chi connectivity index (χ2v) is 4.22. The van der Waals surface area contributed by atoms with E-state index in [1.165, 1.54) is 0 Å². The lowest BCUT2D eigenvalue weighted by Gasteiger charge is -2.07. The minimum atomic E-state index is -0.00763. The van der Waals surface area contributed by atoms with Crippen LogP contribution in [0.15, 0.2) is 0 Å². The van der Waals surface area contributed by atoms with Gasteiger partial charge in [-0.25, -0.2) is 0 Å². The molecule has 6 nitrogen and oxygen atoms in total. The minimum absolute atomic E-state index is 0.00763. The van der Waals surface area contributed by atoms with E-state index in [2.05, 4.69) is 22.5 Å². The number of ether oxygens (including phenoxy) is 3. The van der Waals surface area contributed by atoms with Gasteiger partial charge in [-0.1, -0.05) is 41.5 Å². The van der Waals surface area contributed by atoms with Crippen molar-refractivity contribution >= 4 is 5.91 Å². The molecular weight excluding hydrogens is 344 g/mol. The predicted octanol–water partition coefficient (Wildman–Crippen LogP) is 3.25. The smallest absolute Gasteiger partial charge is 0.222 e. The average molecular weight is 391 g/mol. The Morgan fingerprint density at radius 1 is 0.778 bits per heavy atom. The van der Waals surface area contributed by atoms with Gasteiger partial charge in [0.1, 0.15) is 0 Å². The molecule has 0 aromatic heterocycles. The van der Waals surface area contributed by atoms with Crippen LogP contribution in [0.3, 0.4) is 0 Å². The fourth-order valence-corrected chi connectivity index (χ4v) is 1.36. The first kappa shape index (κ1) is 33.5. The second-order valence-electron chi connectivity index (χ2n) is 4.22. The zero-order valence-electron chi connectivity index (χ0n) is 19.2. The van der Waals surface area contributed by atoms with Gasteiger partial charge in [-0.15, -0.1) is 11.8 Å². The van der Waals surface area contributed by atoms with Crippen molar-refractivity contribution in [2.75, 3.05) is 59.8 Å². The van der Waals surface area contributed by atoms with Crippen molar-refractivity contribution in [3.8, 4) is 11.8 Å². The number of carbonyl (C=O) groups excluding carboxylic acids is 1. The third-order valence-electron chi connectivity index (χ3n) is 2.46. The van der Waals surface area contributed by atoms with Gasteiger partial charge in [0.2, 0.25) is 5.91 Å². The first-order valence-electron chi connectivity index (χ1n) is 10.4. The second kappa shape index (κ2) is 39.8. The fraction of sp³-hybridized carbons (Fsp3) is 0.857. The molecule has 2 N–H and O–H groups in total. The van der Waals surface area contributed by atoms with Gasteiger partial charge in [0.05, 0.1) is 39.6 Å². The van der Waals surface area contributed by atoms with E-state index in [0.717, 1.165) is 6.54 Å². The molecule has 0 atom stereocenters. The van der Waals surface area contributed by atoms with Gasteiger partial charge in [0, 0.05) is 25.9 Å². The van der Waals surface area contributed by atoms with Crippen LogP contribution in [0.4, 0.5) is 0 Å². The summed E-state index contributed by atoms with van der Waals surface area (Å²) in [7, 11) is 1.89. The molecule has 0 aliphatic rings. The summed E-state index contributed by atoms with van der Waals surface area (Å²) in [4.78, 5) is 11.4. The minimum Gasteiger partial charge on any atom is -0.379 e. The van der Waals surface area contributed by atoms with E-state index in [0.29, 0.717) is 59.0 Å². The van der Waals surface area contributed by atoms with E-state index in [-0.39, 0.29) is 5.91 Å². The number of nitrogens with one attached hydrogen (secondary N) is 2. The van der Waals surface area contributed by atoms with Gasteiger partial charge in [-0.05, 0) is 14.0 Å². The first-order chi connectivity index (χ1) is 13.3. The molecule has 164 valence electrons. The van der Waals surface area contributed by atoms with Gasteiger partial charge >= 0.3 is 0 Å². The van der Waals surface area contributed by atoms with Crippen LogP contribution in [0.2, 0.25) is 0 Å². The average Bonchev–Trinajstić information content (AvgIpc) is 2.74. The zero-order chi connectivity index (χ0) is 21.6. The number of hydrogen-bond donors (Lipinski definition) is 2. The lowest BCUT2D eigenvalue weighted by molar-refractivity contribution is -0.122. The van der Waals surface area contributed by atoms with Gasteiger partial charge in [-0.2, -0.15) is 0 Å². The largest absolute Gasteiger partial charge is 0.379 e. The Labute approximate surface area is 169 Å². The number of hydrogen-bond acceptors (Lipinski definition) is 5. The van der Waals surface area contributed by atoms with Crippen molar-refractivity contribution in [2.24, 2.45) is 0 Å². The van der Waals surface area contributed by atoms with Gasteiger partial charge < -0.3 is 24.8 Å². The van der Waals surface area contributed by atoms with Gasteiger partial charge in [0.25, 0.3) is 0 Å². The Morgan fingerprint density at radius 2 is 1.26 bits per heavy atom. The number of carbonyl (C=O) groups is 1. The zero-order valence-corrected chi connectivity index (χ0v) is 19.2. The molecule has 0 bridgehead atoms. The Morgan fingerprint density at radius 3 is 1.74 bits per heavy atom. The molecule has 0 aliphatic heterocycles. The van der Waals surface area contributed by atoms with Gasteiger partial charge in [0.15, 0.2) is 0 Å². The molecular formula is C21H46N2O4. The lowest BCUT2D eigenvalue weighted by atomic mass is 10.4. The highest BCUT2D eigenvalue weighted by molar-refractivity contribution is 5.75. The summed E-state index contributed by atoms with van der Waals surface area (Å²) in [6, 6.07) is 0. The van der Waals surface area contributed by atoms with E-state index in [4.69, 9.17) is 14.2 Å². The monoisotopic (exact) mass is 390 g/mol. The molecule has 0 aromatic carbocycles. The Hall–Kier alpha value is -1.13. The summed E-state index contributed by atoms with van der Waals surface area (Å²) in [5, 5.41) is 5.77. The van der Waals surface area contributed by atoms with Crippen molar-refractivity contribution < 1.29 is 19.0 Å². The van der Waals surface area contributed by atoms with Crippen LogP contribution < -0.4 is 10.6 Å². The highest BCUT2D eigenvalue weighted by Crippen LogP contribution is 1.86. The highest BCUT2D eigenvalue weighted by Gasteiger charge is 1.99. The molecule has 0 spiro atoms. The Balaban J connectivity index is -0.000000397. The standard InChI is InChI=1S/C15H28N2O4.3C2H6/c1-3-4-5-7-17-15(18)6-9-19-11-13-21-14-12-20-10-8-16-2;3*1-2/h16H,5-14H2,1-2H3,(H,17,18);3*1-2H3. The van der Waals surface area contributed by atoms with E-state index >= 15 is 0 Å². The van der Waals surface area contributed by atoms with Crippen molar-refractivity contribution in [3.63, 3.8) is 0 Å². The van der Waals surface area contributed by atoms with E-state index in [1.54, 1.807) is 6.92 Å². The number of rotatable bonds is 14. The Bertz CT molecular complexity index is 302. The van der Waals surface area contributed by atoms with Crippen LogP contribution in [0, 0.1) is 11.8 Å². The highest BCUT2D eigenvalue weighted by atomic mass is 16.5. The summed E-state index contributed by atoms with van der Waals surface area (Å²) in [5.41, 5.74) is 0. The summed E-state index contributed by atoms with van der Waals surface area (Å²) < 4.78 is 15.9. The van der Waals surface area contributed by atoms with Crippen LogP contribution in [0.25, 0.3) is 0 Å². The Kier molecular flexibility index (Phi) is 49.3. The molecule has 0 aromatic rings. The van der Waals surface area contributed by atoms with E-state index in [1.807, 2.05) is 48.6 Å². The summed E-state index contributed by atoms with van der Waals surface area (Å²) in [6.07, 6.45) is 1.06. The summed E-state index contributed by atoms with van der Waals surface area (Å²) in [6.45, 7) is 18.5. The molecule has 0 radical (unpaired) electrons. The third kappa shape index (κ3) is 40.7. The maximum absolute atomic E-state index is 11.4. The molecule has 0 saturated heterocycles. The molecule has 6 heteroatoms. The molecule has 0 rings (SSSR count). The molecule has 1 amide bonds. The predicted molar refractivity (Wildman–Crippen MR) is 116 cm³/mol. The van der Waals surface area contributed by atoms with Crippen molar-refractivity contribution in [1.29, 1.82) is 0 Å². The normalized spacial score (nSPS) is 8.44. The van der Waals surface area contributed by atoms with Crippen LogP contribution in [0.5, 0.6) is 0 Å². The molecule has 0 heterocycles. The van der Waals surface area contributed by atoms with E-state index in [9.17, 15) is 4.79 Å². The van der Waals surface area contributed by atoms with Gasteiger partial charge in [-0.3, -0.25) is 4.79 Å². The molecule has 0 unspecified atom stereocenters. The van der Waals surface area contributed by atoms with Crippen molar-refractivity contribution in [1.82, 2.24) is 10.6 Å². The lowest BCUT2D eigenvalue weighted by Crippen LogP contribution is -2.25. The number of amides is 1. The topological polar surface area (TPSA) is 68.8 Å².